The Morgan fingerprint density at radius 1 is 1.09 bits per heavy atom. The summed E-state index contributed by atoms with van der Waals surface area (Å²) in [5, 5.41) is 11.8. The quantitative estimate of drug-likeness (QED) is 0.341. The number of aryl methyl sites for hydroxylation is 1. The van der Waals surface area contributed by atoms with E-state index in [-0.39, 0.29) is 11.7 Å². The molecular formula is C26H28FN5O2. The number of H-pyrrole nitrogens is 1. The number of carbonyl (C=O) groups is 1. The van der Waals surface area contributed by atoms with Crippen molar-refractivity contribution in [2.45, 2.75) is 25.7 Å². The van der Waals surface area contributed by atoms with E-state index in [1.807, 2.05) is 36.4 Å². The molecule has 0 bridgehead atoms. The summed E-state index contributed by atoms with van der Waals surface area (Å²) in [6.07, 6.45) is 5.40. The molecule has 8 heteroatoms. The number of nitrogens with one attached hydrogen (secondary N) is 1. The smallest absolute Gasteiger partial charge is 0.277 e. The van der Waals surface area contributed by atoms with Crippen molar-refractivity contribution < 1.29 is 13.9 Å². The Morgan fingerprint density at radius 2 is 1.85 bits per heavy atom. The zero-order valence-electron chi connectivity index (χ0n) is 19.4. The van der Waals surface area contributed by atoms with E-state index >= 15 is 0 Å². The summed E-state index contributed by atoms with van der Waals surface area (Å²) in [6.45, 7) is 0.629. The summed E-state index contributed by atoms with van der Waals surface area (Å²) in [5.41, 5.74) is 3.90. The van der Waals surface area contributed by atoms with Gasteiger partial charge in [-0.1, -0.05) is 24.6 Å². The van der Waals surface area contributed by atoms with E-state index in [2.05, 4.69) is 15.3 Å². The van der Waals surface area contributed by atoms with Crippen molar-refractivity contribution in [2.24, 2.45) is 0 Å². The van der Waals surface area contributed by atoms with Gasteiger partial charge < -0.3 is 9.64 Å². The topological polar surface area (TPSA) is 76.0 Å². The standard InChI is InChI=1S/C26H28FN5O2/c1-31(26(33)25-24(34-2)18-32(30-25)22-10-6-3-7-11-22)16-8-4-5-9-21-17-23(29-28-21)19-12-14-20(27)15-13-19/h3,6-7,10-15,17-18H,4-5,8-9,16H2,1-2H3,(H,28,29). The molecule has 0 atom stereocenters. The summed E-state index contributed by atoms with van der Waals surface area (Å²) in [7, 11) is 3.33. The highest BCUT2D eigenvalue weighted by Crippen LogP contribution is 2.21. The van der Waals surface area contributed by atoms with E-state index in [0.29, 0.717) is 18.0 Å². The molecule has 7 nitrogen and oxygen atoms in total. The SMILES string of the molecule is COc1cn(-c2ccccc2)nc1C(=O)N(C)CCCCCc1cc(-c2ccc(F)cc2)n[nH]1. The molecule has 0 unspecified atom stereocenters. The largest absolute Gasteiger partial charge is 0.493 e. The third-order valence-corrected chi connectivity index (χ3v) is 5.68. The molecule has 0 fully saturated rings. The van der Waals surface area contributed by atoms with Crippen molar-refractivity contribution in [2.75, 3.05) is 20.7 Å². The van der Waals surface area contributed by atoms with Gasteiger partial charge in [0, 0.05) is 24.8 Å². The van der Waals surface area contributed by atoms with Gasteiger partial charge >= 0.3 is 0 Å². The molecule has 34 heavy (non-hydrogen) atoms. The molecule has 0 aliphatic carbocycles. The van der Waals surface area contributed by atoms with Gasteiger partial charge in [0.1, 0.15) is 5.82 Å². The van der Waals surface area contributed by atoms with Crippen molar-refractivity contribution in [1.82, 2.24) is 24.9 Å². The summed E-state index contributed by atoms with van der Waals surface area (Å²) < 4.78 is 20.1. The van der Waals surface area contributed by atoms with Gasteiger partial charge in [0.15, 0.2) is 11.4 Å². The first-order valence-electron chi connectivity index (χ1n) is 11.3. The van der Waals surface area contributed by atoms with Gasteiger partial charge in [-0.15, -0.1) is 0 Å². The molecule has 1 amide bonds. The molecule has 2 aromatic heterocycles. The summed E-state index contributed by atoms with van der Waals surface area (Å²) >= 11 is 0. The maximum Gasteiger partial charge on any atom is 0.277 e. The Morgan fingerprint density at radius 3 is 2.59 bits per heavy atom. The van der Waals surface area contributed by atoms with Crippen LogP contribution < -0.4 is 4.74 Å². The van der Waals surface area contributed by atoms with E-state index in [0.717, 1.165) is 48.3 Å². The molecule has 0 aliphatic heterocycles. The van der Waals surface area contributed by atoms with Gasteiger partial charge in [-0.3, -0.25) is 9.89 Å². The maximum atomic E-state index is 13.1. The highest BCUT2D eigenvalue weighted by Gasteiger charge is 2.21. The molecule has 4 aromatic rings. The molecule has 2 aromatic carbocycles. The van der Waals surface area contributed by atoms with Crippen LogP contribution in [0.2, 0.25) is 0 Å². The summed E-state index contributed by atoms with van der Waals surface area (Å²) in [5.74, 6) is 0.0342. The minimum atomic E-state index is -0.258. The molecule has 2 heterocycles. The molecule has 0 radical (unpaired) electrons. The number of hydrogen-bond donors (Lipinski definition) is 1. The van der Waals surface area contributed by atoms with Crippen molar-refractivity contribution >= 4 is 5.91 Å². The van der Waals surface area contributed by atoms with Crippen molar-refractivity contribution in [3.63, 3.8) is 0 Å². The molecule has 1 N–H and O–H groups in total. The maximum absolute atomic E-state index is 13.1. The molecule has 0 saturated carbocycles. The van der Waals surface area contributed by atoms with E-state index in [1.165, 1.54) is 12.1 Å². The second-order valence-electron chi connectivity index (χ2n) is 8.15. The normalized spacial score (nSPS) is 10.9. The highest BCUT2D eigenvalue weighted by molar-refractivity contribution is 5.94. The zero-order chi connectivity index (χ0) is 23.9. The molecule has 0 saturated heterocycles. The molecule has 0 aliphatic rings. The molecule has 0 spiro atoms. The third kappa shape index (κ3) is 5.51. The fourth-order valence-corrected chi connectivity index (χ4v) is 3.75. The van der Waals surface area contributed by atoms with E-state index < -0.39 is 0 Å². The molecular weight excluding hydrogens is 433 g/mol. The van der Waals surface area contributed by atoms with Crippen molar-refractivity contribution in [3.8, 4) is 22.7 Å². The van der Waals surface area contributed by atoms with Crippen LogP contribution in [0.5, 0.6) is 5.75 Å². The number of aromatic nitrogens is 4. The van der Waals surface area contributed by atoms with Gasteiger partial charge in [-0.2, -0.15) is 10.2 Å². The van der Waals surface area contributed by atoms with Gasteiger partial charge in [-0.05, 0) is 61.7 Å². The molecule has 4 rings (SSSR count). The van der Waals surface area contributed by atoms with E-state index in [4.69, 9.17) is 4.74 Å². The first kappa shape index (κ1) is 23.2. The minimum absolute atomic E-state index is 0.163. The number of hydrogen-bond acceptors (Lipinski definition) is 4. The lowest BCUT2D eigenvalue weighted by Crippen LogP contribution is -2.28. The van der Waals surface area contributed by atoms with Gasteiger partial charge in [0.2, 0.25) is 0 Å². The van der Waals surface area contributed by atoms with Crippen molar-refractivity contribution in [1.29, 1.82) is 0 Å². The van der Waals surface area contributed by atoms with Crippen LogP contribution in [0.3, 0.4) is 0 Å². The van der Waals surface area contributed by atoms with Crippen LogP contribution in [-0.4, -0.2) is 51.5 Å². The number of unbranched alkanes of at least 4 members (excludes halogenated alkanes) is 2. The average molecular weight is 462 g/mol. The Hall–Kier alpha value is -3.94. The van der Waals surface area contributed by atoms with E-state index in [1.54, 1.807) is 42.1 Å². The van der Waals surface area contributed by atoms with Crippen LogP contribution in [0.25, 0.3) is 16.9 Å². The van der Waals surface area contributed by atoms with Gasteiger partial charge in [0.25, 0.3) is 5.91 Å². The van der Waals surface area contributed by atoms with Crippen LogP contribution in [0.4, 0.5) is 4.39 Å². The monoisotopic (exact) mass is 461 g/mol. The Bertz CT molecular complexity index is 1220. The third-order valence-electron chi connectivity index (χ3n) is 5.68. The number of aromatic amines is 1. The van der Waals surface area contributed by atoms with Crippen molar-refractivity contribution in [3.05, 3.63) is 84.1 Å². The number of carbonyl (C=O) groups excluding carboxylic acids is 1. The fraction of sp³-hybridized carbons (Fsp3) is 0.269. The van der Waals surface area contributed by atoms with Gasteiger partial charge in [-0.25, -0.2) is 9.07 Å². The van der Waals surface area contributed by atoms with Crippen LogP contribution in [0.1, 0.15) is 35.4 Å². The predicted octanol–water partition coefficient (Wildman–Crippen LogP) is 4.90. The van der Waals surface area contributed by atoms with E-state index in [9.17, 15) is 9.18 Å². The molecule has 176 valence electrons. The van der Waals surface area contributed by atoms with Crippen LogP contribution in [0.15, 0.2) is 66.9 Å². The first-order chi connectivity index (χ1) is 16.5. The predicted molar refractivity (Wildman–Crippen MR) is 129 cm³/mol. The number of rotatable bonds is 10. The Kier molecular flexibility index (Phi) is 7.37. The van der Waals surface area contributed by atoms with Crippen LogP contribution in [-0.2, 0) is 6.42 Å². The number of nitrogens with zero attached hydrogens (tertiary/aromatic N) is 4. The first-order valence-corrected chi connectivity index (χ1v) is 11.3. The number of methoxy groups -OCH3 is 1. The van der Waals surface area contributed by atoms with Crippen LogP contribution in [0, 0.1) is 5.82 Å². The lowest BCUT2D eigenvalue weighted by Gasteiger charge is -2.16. The highest BCUT2D eigenvalue weighted by atomic mass is 19.1. The lowest BCUT2D eigenvalue weighted by molar-refractivity contribution is 0.0783. The number of halogens is 1. The summed E-state index contributed by atoms with van der Waals surface area (Å²) in [6, 6.07) is 17.9. The number of ether oxygens (including phenoxy) is 1. The number of benzene rings is 2. The second-order valence-corrected chi connectivity index (χ2v) is 8.15. The second kappa shape index (κ2) is 10.8. The minimum Gasteiger partial charge on any atom is -0.493 e. The van der Waals surface area contributed by atoms with Gasteiger partial charge in [0.05, 0.1) is 24.7 Å². The van der Waals surface area contributed by atoms with Crippen LogP contribution >= 0.6 is 0 Å². The Labute approximate surface area is 198 Å². The lowest BCUT2D eigenvalue weighted by atomic mass is 10.1. The fourth-order valence-electron chi connectivity index (χ4n) is 3.75. The Balaban J connectivity index is 1.25. The summed E-state index contributed by atoms with van der Waals surface area (Å²) in [4.78, 5) is 14.6. The number of para-hydroxylation sites is 1. The number of amides is 1. The average Bonchev–Trinajstić information content (AvgIpc) is 3.52. The zero-order valence-corrected chi connectivity index (χ0v) is 19.4.